The fourth-order valence-electron chi connectivity index (χ4n) is 5.89. The third kappa shape index (κ3) is 5.81. The molecule has 2 fully saturated rings. The molecule has 5 heteroatoms. The molecule has 1 saturated carbocycles. The second kappa shape index (κ2) is 11.5. The highest BCUT2D eigenvalue weighted by atomic mass is 28.4. The van der Waals surface area contributed by atoms with E-state index in [4.69, 9.17) is 13.9 Å². The predicted octanol–water partition coefficient (Wildman–Crippen LogP) is 5.19. The maximum Gasteiger partial charge on any atom is 0.261 e. The Morgan fingerprint density at radius 3 is 2.14 bits per heavy atom. The third-order valence-corrected chi connectivity index (χ3v) is 12.7. The van der Waals surface area contributed by atoms with Crippen LogP contribution in [0, 0.1) is 5.92 Å². The van der Waals surface area contributed by atoms with Gasteiger partial charge in [-0.05, 0) is 34.7 Å². The van der Waals surface area contributed by atoms with Crippen molar-refractivity contribution in [3.8, 4) is 0 Å². The summed E-state index contributed by atoms with van der Waals surface area (Å²) in [6.07, 6.45) is 10.3. The summed E-state index contributed by atoms with van der Waals surface area (Å²) in [7, 11) is -2.57. The summed E-state index contributed by atoms with van der Waals surface area (Å²) in [5, 5.41) is 12.0. The van der Waals surface area contributed by atoms with Crippen LogP contribution >= 0.6 is 0 Å². The summed E-state index contributed by atoms with van der Waals surface area (Å²) in [5.74, 6) is -0.255. The van der Waals surface area contributed by atoms with Gasteiger partial charge >= 0.3 is 0 Å². The minimum absolute atomic E-state index is 0.00125. The number of benzene rings is 2. The number of hydrogen-bond acceptors (Lipinski definition) is 4. The second-order valence-corrected chi connectivity index (χ2v) is 15.3. The number of hydrogen-bond donors (Lipinski definition) is 1. The van der Waals surface area contributed by atoms with Crippen LogP contribution in [0.3, 0.4) is 0 Å². The van der Waals surface area contributed by atoms with Crippen LogP contribution < -0.4 is 10.4 Å². The monoisotopic (exact) mass is 494 g/mol. The Balaban J connectivity index is 1.56. The topological polar surface area (TPSA) is 47.9 Å². The van der Waals surface area contributed by atoms with Gasteiger partial charge in [0, 0.05) is 25.4 Å². The zero-order valence-corrected chi connectivity index (χ0v) is 22.6. The molecule has 1 aliphatic carbocycles. The molecule has 2 atom stereocenters. The molecule has 2 aromatic carbocycles. The van der Waals surface area contributed by atoms with E-state index >= 15 is 0 Å². The highest BCUT2D eigenvalue weighted by molar-refractivity contribution is 6.99. The van der Waals surface area contributed by atoms with E-state index in [0.29, 0.717) is 13.2 Å². The minimum atomic E-state index is -2.57. The molecule has 190 valence electrons. The van der Waals surface area contributed by atoms with Crippen LogP contribution in [0.15, 0.2) is 72.8 Å². The first-order valence-corrected chi connectivity index (χ1v) is 15.2. The molecule has 0 radical (unpaired) electrons. The Hall–Kier alpha value is -1.76. The van der Waals surface area contributed by atoms with Crippen LogP contribution in [-0.2, 0) is 13.9 Å². The largest absolute Gasteiger partial charge is 0.407 e. The van der Waals surface area contributed by atoms with Crippen molar-refractivity contribution in [2.24, 2.45) is 5.92 Å². The fraction of sp³-hybridized carbons (Fsp3) is 0.533. The van der Waals surface area contributed by atoms with Crippen LogP contribution in [0.1, 0.15) is 59.3 Å². The van der Waals surface area contributed by atoms with Crippen molar-refractivity contribution in [2.75, 3.05) is 19.8 Å². The molecule has 4 nitrogen and oxygen atoms in total. The smallest absolute Gasteiger partial charge is 0.261 e. The van der Waals surface area contributed by atoms with Gasteiger partial charge in [-0.15, -0.1) is 0 Å². The van der Waals surface area contributed by atoms with Gasteiger partial charge in [0.05, 0.1) is 19.3 Å². The van der Waals surface area contributed by atoms with Crippen molar-refractivity contribution in [1.29, 1.82) is 0 Å². The lowest BCUT2D eigenvalue weighted by molar-refractivity contribution is -0.190. The van der Waals surface area contributed by atoms with Gasteiger partial charge in [0.15, 0.2) is 5.79 Å². The van der Waals surface area contributed by atoms with E-state index in [1.165, 1.54) is 29.6 Å². The molecule has 0 aromatic heterocycles. The fourth-order valence-corrected chi connectivity index (χ4v) is 10.5. The summed E-state index contributed by atoms with van der Waals surface area (Å²) in [6.45, 7) is 8.19. The maximum atomic E-state index is 9.48. The van der Waals surface area contributed by atoms with Crippen molar-refractivity contribution in [3.63, 3.8) is 0 Å². The number of rotatable bonds is 9. The van der Waals surface area contributed by atoms with Gasteiger partial charge in [0.25, 0.3) is 8.32 Å². The first-order chi connectivity index (χ1) is 16.9. The Bertz CT molecular complexity index is 892. The number of ether oxygens (including phenoxy) is 2. The van der Waals surface area contributed by atoms with Crippen molar-refractivity contribution in [2.45, 2.75) is 76.2 Å². The van der Waals surface area contributed by atoms with Crippen LogP contribution in [0.5, 0.6) is 0 Å². The normalized spacial score (nSPS) is 21.5. The zero-order chi connectivity index (χ0) is 24.8. The molecule has 0 amide bonds. The Kier molecular flexibility index (Phi) is 8.66. The summed E-state index contributed by atoms with van der Waals surface area (Å²) in [4.78, 5) is 0. The van der Waals surface area contributed by atoms with Crippen molar-refractivity contribution in [3.05, 3.63) is 72.8 Å². The van der Waals surface area contributed by atoms with Crippen molar-refractivity contribution < 1.29 is 19.0 Å². The lowest BCUT2D eigenvalue weighted by atomic mass is 9.94. The van der Waals surface area contributed by atoms with Gasteiger partial charge in [0.1, 0.15) is 0 Å². The van der Waals surface area contributed by atoms with E-state index in [-0.39, 0.29) is 23.7 Å². The summed E-state index contributed by atoms with van der Waals surface area (Å²) < 4.78 is 19.9. The van der Waals surface area contributed by atoms with Gasteiger partial charge in [-0.1, -0.05) is 100 Å². The Morgan fingerprint density at radius 1 is 1.00 bits per heavy atom. The standard InChI is InChI=1S/C30H42O4Si/c1-29(2,3)35(26-15-7-4-8-16-26,27-17-9-5-10-18-27)33-23-19-25(14-13-22-31)28-24-32-30(34-28)20-11-6-12-21-30/h4-5,7-10,13-18,25,28,31H,6,11-12,19-24H2,1-3H3/b14-13+/t25-,28+/m1/s1. The van der Waals surface area contributed by atoms with Crippen LogP contribution in [0.4, 0.5) is 0 Å². The summed E-state index contributed by atoms with van der Waals surface area (Å²) in [6, 6.07) is 21.6. The van der Waals surface area contributed by atoms with E-state index in [1.807, 2.05) is 6.08 Å². The molecule has 2 aromatic rings. The lowest BCUT2D eigenvalue weighted by Crippen LogP contribution is -2.66. The molecule has 1 saturated heterocycles. The van der Waals surface area contributed by atoms with Gasteiger partial charge in [-0.25, -0.2) is 0 Å². The molecule has 1 N–H and O–H groups in total. The first-order valence-electron chi connectivity index (χ1n) is 13.2. The number of aliphatic hydroxyl groups is 1. The molecular weight excluding hydrogens is 452 g/mol. The highest BCUT2D eigenvalue weighted by Gasteiger charge is 2.50. The second-order valence-electron chi connectivity index (χ2n) is 11.0. The SMILES string of the molecule is CC(C)(C)[Si](OCC[C@@H](/C=C/CO)[C@@H]1COC2(CCCCC2)O1)(c1ccccc1)c1ccccc1. The van der Waals surface area contributed by atoms with Gasteiger partial charge in [-0.3, -0.25) is 0 Å². The minimum Gasteiger partial charge on any atom is -0.407 e. The van der Waals surface area contributed by atoms with E-state index in [0.717, 1.165) is 19.3 Å². The molecule has 35 heavy (non-hydrogen) atoms. The average Bonchev–Trinajstić information content (AvgIpc) is 3.27. The average molecular weight is 495 g/mol. The van der Waals surface area contributed by atoms with Crippen molar-refractivity contribution >= 4 is 18.7 Å². The third-order valence-electron chi connectivity index (χ3n) is 7.64. The van der Waals surface area contributed by atoms with Gasteiger partial charge < -0.3 is 19.0 Å². The molecule has 1 aliphatic heterocycles. The first kappa shape index (κ1) is 26.3. The lowest BCUT2D eigenvalue weighted by Gasteiger charge is -2.43. The maximum absolute atomic E-state index is 9.48. The molecule has 4 rings (SSSR count). The highest BCUT2D eigenvalue weighted by Crippen LogP contribution is 2.41. The van der Waals surface area contributed by atoms with Crippen LogP contribution in [0.2, 0.25) is 5.04 Å². The quantitative estimate of drug-likeness (QED) is 0.385. The predicted molar refractivity (Wildman–Crippen MR) is 145 cm³/mol. The zero-order valence-electron chi connectivity index (χ0n) is 21.6. The Labute approximate surface area is 212 Å². The number of aliphatic hydroxyl groups excluding tert-OH is 1. The van der Waals surface area contributed by atoms with E-state index < -0.39 is 14.1 Å². The Morgan fingerprint density at radius 2 is 1.60 bits per heavy atom. The summed E-state index contributed by atoms with van der Waals surface area (Å²) >= 11 is 0. The van der Waals surface area contributed by atoms with Gasteiger partial charge in [0.2, 0.25) is 0 Å². The summed E-state index contributed by atoms with van der Waals surface area (Å²) in [5.41, 5.74) is 0. The molecular formula is C30H42O4Si. The van der Waals surface area contributed by atoms with Gasteiger partial charge in [-0.2, -0.15) is 0 Å². The van der Waals surface area contributed by atoms with E-state index in [9.17, 15) is 5.11 Å². The molecule has 0 bridgehead atoms. The van der Waals surface area contributed by atoms with Crippen molar-refractivity contribution in [1.82, 2.24) is 0 Å². The molecule has 0 unspecified atom stereocenters. The molecule has 1 heterocycles. The van der Waals surface area contributed by atoms with Crippen LogP contribution in [0.25, 0.3) is 0 Å². The van der Waals surface area contributed by atoms with E-state index in [2.05, 4.69) is 87.5 Å². The molecule has 1 spiro atoms. The van der Waals surface area contributed by atoms with Crippen LogP contribution in [-0.4, -0.2) is 45.1 Å². The molecule has 2 aliphatic rings. The van der Waals surface area contributed by atoms with E-state index in [1.54, 1.807) is 0 Å².